The lowest BCUT2D eigenvalue weighted by Crippen LogP contribution is -2.20. The standard InChI is InChI=1S/C20H41NO8/c1-19(2)16-29-18-20(15-22)17-28-14-13-27-12-11-26-10-9-25-8-7-24-6-5-23-4-3-21/h15,19-20H,3-14,16-18,21H2,1-2H3. The fraction of sp³-hybridized carbons (Fsp3) is 0.950. The van der Waals surface area contributed by atoms with E-state index in [4.69, 9.17) is 38.9 Å². The Bertz CT molecular complexity index is 334. The van der Waals surface area contributed by atoms with Crippen molar-refractivity contribution in [2.24, 2.45) is 17.6 Å². The van der Waals surface area contributed by atoms with Crippen molar-refractivity contribution >= 4 is 6.29 Å². The predicted octanol–water partition coefficient (Wildman–Crippen LogP) is 0.532. The maximum atomic E-state index is 11.0. The Morgan fingerprint density at radius 3 is 1.34 bits per heavy atom. The number of rotatable bonds is 24. The van der Waals surface area contributed by atoms with E-state index in [0.29, 0.717) is 105 Å². The van der Waals surface area contributed by atoms with Crippen LogP contribution in [0.15, 0.2) is 0 Å². The molecule has 9 nitrogen and oxygen atoms in total. The molecule has 0 spiro atoms. The molecule has 0 aliphatic carbocycles. The molecule has 0 aromatic rings. The van der Waals surface area contributed by atoms with Crippen LogP contribution in [0.1, 0.15) is 13.8 Å². The van der Waals surface area contributed by atoms with Crippen LogP contribution in [0.25, 0.3) is 0 Å². The van der Waals surface area contributed by atoms with Gasteiger partial charge in [0, 0.05) is 13.2 Å². The summed E-state index contributed by atoms with van der Waals surface area (Å²) in [5, 5.41) is 0. The Kier molecular flexibility index (Phi) is 23.1. The highest BCUT2D eigenvalue weighted by Gasteiger charge is 2.08. The molecule has 1 unspecified atom stereocenters. The molecule has 0 bridgehead atoms. The molecule has 0 aromatic carbocycles. The zero-order valence-electron chi connectivity index (χ0n) is 18.2. The van der Waals surface area contributed by atoms with E-state index in [1.807, 2.05) is 0 Å². The van der Waals surface area contributed by atoms with Crippen molar-refractivity contribution < 1.29 is 38.0 Å². The summed E-state index contributed by atoms with van der Waals surface area (Å²) in [4.78, 5) is 11.0. The van der Waals surface area contributed by atoms with Crippen LogP contribution < -0.4 is 5.73 Å². The minimum atomic E-state index is -0.230. The summed E-state index contributed by atoms with van der Waals surface area (Å²) in [6.45, 7) is 11.7. The van der Waals surface area contributed by atoms with Gasteiger partial charge in [0.2, 0.25) is 0 Å². The highest BCUT2D eigenvalue weighted by Crippen LogP contribution is 1.99. The van der Waals surface area contributed by atoms with Crippen LogP contribution in [-0.4, -0.2) is 105 Å². The van der Waals surface area contributed by atoms with Crippen LogP contribution in [0.4, 0.5) is 0 Å². The average molecular weight is 424 g/mol. The molecule has 0 rings (SSSR count). The van der Waals surface area contributed by atoms with Crippen molar-refractivity contribution in [1.29, 1.82) is 0 Å². The van der Waals surface area contributed by atoms with Crippen LogP contribution in [0, 0.1) is 11.8 Å². The molecule has 0 aliphatic rings. The van der Waals surface area contributed by atoms with Gasteiger partial charge in [-0.2, -0.15) is 0 Å². The van der Waals surface area contributed by atoms with Crippen LogP contribution in [0.5, 0.6) is 0 Å². The number of carbonyl (C=O) groups excluding carboxylic acids is 1. The minimum absolute atomic E-state index is 0.230. The molecule has 9 heteroatoms. The van der Waals surface area contributed by atoms with Crippen molar-refractivity contribution in [3.05, 3.63) is 0 Å². The third-order valence-corrected chi connectivity index (χ3v) is 3.43. The van der Waals surface area contributed by atoms with Crippen molar-refractivity contribution in [2.45, 2.75) is 13.8 Å². The summed E-state index contributed by atoms with van der Waals surface area (Å²) >= 11 is 0. The highest BCUT2D eigenvalue weighted by molar-refractivity contribution is 5.53. The second-order valence-corrected chi connectivity index (χ2v) is 6.75. The fourth-order valence-electron chi connectivity index (χ4n) is 2.00. The maximum absolute atomic E-state index is 11.0. The molecule has 0 amide bonds. The van der Waals surface area contributed by atoms with E-state index >= 15 is 0 Å². The zero-order chi connectivity index (χ0) is 21.4. The topological polar surface area (TPSA) is 108 Å². The summed E-state index contributed by atoms with van der Waals surface area (Å²) < 4.78 is 37.6. The Hall–Kier alpha value is -0.650. The number of carbonyl (C=O) groups is 1. The lowest BCUT2D eigenvalue weighted by molar-refractivity contribution is -0.115. The van der Waals surface area contributed by atoms with Crippen molar-refractivity contribution in [2.75, 3.05) is 99.0 Å². The largest absolute Gasteiger partial charge is 0.380 e. The van der Waals surface area contributed by atoms with E-state index in [0.717, 1.165) is 6.29 Å². The van der Waals surface area contributed by atoms with E-state index in [2.05, 4.69) is 13.8 Å². The van der Waals surface area contributed by atoms with Gasteiger partial charge < -0.3 is 43.7 Å². The lowest BCUT2D eigenvalue weighted by atomic mass is 10.2. The number of hydrogen-bond acceptors (Lipinski definition) is 9. The lowest BCUT2D eigenvalue weighted by Gasteiger charge is -2.13. The summed E-state index contributed by atoms with van der Waals surface area (Å²) in [5.41, 5.74) is 5.30. The Labute approximate surface area is 175 Å². The van der Waals surface area contributed by atoms with Gasteiger partial charge in [-0.15, -0.1) is 0 Å². The van der Waals surface area contributed by atoms with Crippen molar-refractivity contribution in [3.63, 3.8) is 0 Å². The monoisotopic (exact) mass is 423 g/mol. The van der Waals surface area contributed by atoms with E-state index in [-0.39, 0.29) is 5.92 Å². The first kappa shape index (κ1) is 28.4. The molecular formula is C20H41NO8. The highest BCUT2D eigenvalue weighted by atomic mass is 16.6. The van der Waals surface area contributed by atoms with E-state index in [9.17, 15) is 4.79 Å². The second-order valence-electron chi connectivity index (χ2n) is 6.75. The fourth-order valence-corrected chi connectivity index (χ4v) is 2.00. The Morgan fingerprint density at radius 1 is 0.586 bits per heavy atom. The maximum Gasteiger partial charge on any atom is 0.127 e. The normalized spacial score (nSPS) is 12.6. The molecule has 0 aliphatic heterocycles. The van der Waals surface area contributed by atoms with Crippen LogP contribution in [0.3, 0.4) is 0 Å². The van der Waals surface area contributed by atoms with Gasteiger partial charge >= 0.3 is 0 Å². The molecule has 174 valence electrons. The van der Waals surface area contributed by atoms with Gasteiger partial charge in [-0.3, -0.25) is 0 Å². The first-order valence-electron chi connectivity index (χ1n) is 10.4. The van der Waals surface area contributed by atoms with Crippen molar-refractivity contribution in [1.82, 2.24) is 0 Å². The smallest absolute Gasteiger partial charge is 0.127 e. The van der Waals surface area contributed by atoms with Crippen molar-refractivity contribution in [3.8, 4) is 0 Å². The molecular weight excluding hydrogens is 382 g/mol. The van der Waals surface area contributed by atoms with Gasteiger partial charge in [-0.05, 0) is 5.92 Å². The van der Waals surface area contributed by atoms with Crippen LogP contribution >= 0.6 is 0 Å². The molecule has 0 radical (unpaired) electrons. The van der Waals surface area contributed by atoms with Gasteiger partial charge in [-0.25, -0.2) is 0 Å². The minimum Gasteiger partial charge on any atom is -0.380 e. The van der Waals surface area contributed by atoms with E-state index in [1.165, 1.54) is 0 Å². The summed E-state index contributed by atoms with van der Waals surface area (Å²) in [6, 6.07) is 0. The summed E-state index contributed by atoms with van der Waals surface area (Å²) in [7, 11) is 0. The molecule has 0 aromatic heterocycles. The van der Waals surface area contributed by atoms with Gasteiger partial charge in [-0.1, -0.05) is 13.8 Å². The quantitative estimate of drug-likeness (QED) is 0.176. The summed E-state index contributed by atoms with van der Waals surface area (Å²) in [5.74, 6) is 0.226. The molecule has 0 fully saturated rings. The Morgan fingerprint density at radius 2 is 0.966 bits per heavy atom. The zero-order valence-corrected chi connectivity index (χ0v) is 18.2. The van der Waals surface area contributed by atoms with E-state index < -0.39 is 0 Å². The molecule has 0 saturated heterocycles. The van der Waals surface area contributed by atoms with E-state index in [1.54, 1.807) is 0 Å². The van der Waals surface area contributed by atoms with Crippen LogP contribution in [-0.2, 0) is 38.0 Å². The second kappa shape index (κ2) is 23.6. The average Bonchev–Trinajstić information content (AvgIpc) is 2.71. The number of ether oxygens (including phenoxy) is 7. The SMILES string of the molecule is CC(C)COCC(C=O)COCCOCCOCCOCCOCCOCCN. The summed E-state index contributed by atoms with van der Waals surface area (Å²) in [6.07, 6.45) is 0.876. The first-order valence-corrected chi connectivity index (χ1v) is 10.4. The molecule has 29 heavy (non-hydrogen) atoms. The number of nitrogens with two attached hydrogens (primary N) is 1. The van der Waals surface area contributed by atoms with Gasteiger partial charge in [0.1, 0.15) is 6.29 Å². The third-order valence-electron chi connectivity index (χ3n) is 3.43. The van der Waals surface area contributed by atoms with Gasteiger partial charge in [0.15, 0.2) is 0 Å². The molecule has 1 atom stereocenters. The molecule has 0 heterocycles. The number of aldehydes is 1. The molecule has 0 saturated carbocycles. The van der Waals surface area contributed by atoms with Gasteiger partial charge in [0.25, 0.3) is 0 Å². The Balaban J connectivity index is 3.18. The third kappa shape index (κ3) is 23.5. The van der Waals surface area contributed by atoms with Gasteiger partial charge in [0.05, 0.1) is 91.8 Å². The molecule has 2 N–H and O–H groups in total. The van der Waals surface area contributed by atoms with Crippen LogP contribution in [0.2, 0.25) is 0 Å². The predicted molar refractivity (Wildman–Crippen MR) is 109 cm³/mol. The number of hydrogen-bond donors (Lipinski definition) is 1. The first-order chi connectivity index (χ1) is 14.2.